The Hall–Kier alpha value is -1.46. The lowest BCUT2D eigenvalue weighted by Gasteiger charge is -2.19. The molecule has 3 nitrogen and oxygen atoms in total. The molecule has 2 heterocycles. The maximum Gasteiger partial charge on any atom is 0.139 e. The number of nitrogens with zero attached hydrogens (tertiary/aromatic N) is 2. The van der Waals surface area contributed by atoms with Crippen LogP contribution in [0.25, 0.3) is 0 Å². The van der Waals surface area contributed by atoms with Gasteiger partial charge in [0.05, 0.1) is 11.4 Å². The molecule has 0 saturated heterocycles. The number of hydrogen-bond donors (Lipinski definition) is 1. The van der Waals surface area contributed by atoms with Crippen molar-refractivity contribution in [2.75, 3.05) is 6.54 Å². The van der Waals surface area contributed by atoms with Gasteiger partial charge in [0, 0.05) is 35.7 Å². The van der Waals surface area contributed by atoms with Gasteiger partial charge in [-0.2, -0.15) is 0 Å². The number of fused-ring (bicyclic) bond motifs is 1. The monoisotopic (exact) mass is 303 g/mol. The van der Waals surface area contributed by atoms with Crippen LogP contribution in [0.1, 0.15) is 29.7 Å². The lowest BCUT2D eigenvalue weighted by molar-refractivity contribution is 0.613. The minimum absolute atomic E-state index is 0.202. The number of hydrogen-bond acceptors (Lipinski definition) is 4. The summed E-state index contributed by atoms with van der Waals surface area (Å²) < 4.78 is 13.2. The second kappa shape index (κ2) is 6.54. The third-order valence-corrected chi connectivity index (χ3v) is 4.55. The van der Waals surface area contributed by atoms with Crippen LogP contribution in [0.3, 0.4) is 0 Å². The molecule has 0 amide bonds. The summed E-state index contributed by atoms with van der Waals surface area (Å²) in [5.74, 6) is 1.32. The molecule has 3 rings (SSSR count). The van der Waals surface area contributed by atoms with Crippen LogP contribution in [0.5, 0.6) is 0 Å². The molecule has 0 fully saturated rings. The Labute approximate surface area is 128 Å². The quantitative estimate of drug-likeness (QED) is 0.881. The van der Waals surface area contributed by atoms with Crippen molar-refractivity contribution in [3.8, 4) is 0 Å². The first-order valence-corrected chi connectivity index (χ1v) is 8.21. The van der Waals surface area contributed by atoms with Gasteiger partial charge in [0.1, 0.15) is 11.6 Å². The van der Waals surface area contributed by atoms with E-state index in [0.717, 1.165) is 42.3 Å². The summed E-state index contributed by atoms with van der Waals surface area (Å²) in [4.78, 5) is 10.3. The summed E-state index contributed by atoms with van der Waals surface area (Å²) in [6, 6.07) is 6.65. The van der Waals surface area contributed by atoms with Gasteiger partial charge in [-0.1, -0.05) is 13.0 Å². The van der Waals surface area contributed by atoms with Crippen molar-refractivity contribution in [3.63, 3.8) is 0 Å². The topological polar surface area (TPSA) is 37.8 Å². The van der Waals surface area contributed by atoms with Crippen LogP contribution in [-0.4, -0.2) is 16.5 Å². The number of nitrogens with one attached hydrogen (secondary N) is 1. The molecule has 0 spiro atoms. The minimum Gasteiger partial charge on any atom is -0.312 e. The first kappa shape index (κ1) is 14.5. The van der Waals surface area contributed by atoms with Gasteiger partial charge in [-0.25, -0.2) is 14.4 Å². The van der Waals surface area contributed by atoms with E-state index in [4.69, 9.17) is 4.98 Å². The largest absolute Gasteiger partial charge is 0.312 e. The van der Waals surface area contributed by atoms with Gasteiger partial charge in [-0.3, -0.25) is 0 Å². The summed E-state index contributed by atoms with van der Waals surface area (Å²) in [6.45, 7) is 3.97. The fourth-order valence-electron chi connectivity index (χ4n) is 2.53. The molecule has 0 radical (unpaired) electrons. The molecule has 110 valence electrons. The minimum atomic E-state index is -0.202. The number of aryl methyl sites for hydroxylation is 1. The highest BCUT2D eigenvalue weighted by Crippen LogP contribution is 2.24. The van der Waals surface area contributed by atoms with E-state index in [1.807, 2.05) is 6.07 Å². The zero-order valence-electron chi connectivity index (χ0n) is 12.0. The molecule has 0 unspecified atom stereocenters. The number of halogens is 1. The average molecular weight is 303 g/mol. The Balaban J connectivity index is 1.79. The molecule has 1 aliphatic rings. The Morgan fingerprint density at radius 1 is 1.33 bits per heavy atom. The second-order valence-corrected chi connectivity index (χ2v) is 6.09. The van der Waals surface area contributed by atoms with Gasteiger partial charge >= 0.3 is 0 Å². The third-order valence-electron chi connectivity index (χ3n) is 3.56. The number of rotatable bonds is 4. The smallest absolute Gasteiger partial charge is 0.139 e. The highest BCUT2D eigenvalue weighted by Gasteiger charge is 2.16. The number of benzene rings is 1. The molecule has 0 saturated carbocycles. The Morgan fingerprint density at radius 3 is 3.05 bits per heavy atom. The Morgan fingerprint density at radius 2 is 2.24 bits per heavy atom. The molecular weight excluding hydrogens is 285 g/mol. The summed E-state index contributed by atoms with van der Waals surface area (Å²) in [5, 5.41) is 3.37. The lowest BCUT2D eigenvalue weighted by Crippen LogP contribution is -2.27. The normalized spacial score (nSPS) is 14.0. The zero-order chi connectivity index (χ0) is 14.7. The van der Waals surface area contributed by atoms with Gasteiger partial charge in [0.25, 0.3) is 0 Å². The van der Waals surface area contributed by atoms with Gasteiger partial charge in [-0.15, -0.1) is 11.8 Å². The lowest BCUT2D eigenvalue weighted by atomic mass is 10.0. The molecule has 1 aliphatic heterocycles. The van der Waals surface area contributed by atoms with Crippen molar-refractivity contribution in [2.24, 2.45) is 0 Å². The van der Waals surface area contributed by atoms with E-state index in [-0.39, 0.29) is 5.82 Å². The van der Waals surface area contributed by atoms with Crippen LogP contribution < -0.4 is 5.32 Å². The Bertz CT molecular complexity index is 628. The standard InChI is InChI=1S/C16H18FN3S/c1-2-14-13-9-18-7-6-15(13)20-16(19-14)10-21-12-5-3-4-11(17)8-12/h3-5,8,18H,2,6-7,9-10H2,1H3. The van der Waals surface area contributed by atoms with E-state index >= 15 is 0 Å². The summed E-state index contributed by atoms with van der Waals surface area (Å²) in [5.41, 5.74) is 3.58. The van der Waals surface area contributed by atoms with Gasteiger partial charge in [0.15, 0.2) is 0 Å². The number of thioether (sulfide) groups is 1. The van der Waals surface area contributed by atoms with E-state index in [1.54, 1.807) is 23.9 Å². The molecule has 2 aromatic rings. The summed E-state index contributed by atoms with van der Waals surface area (Å²) >= 11 is 1.58. The molecule has 1 aromatic heterocycles. The van der Waals surface area contributed by atoms with Crippen LogP contribution in [-0.2, 0) is 25.1 Å². The zero-order valence-corrected chi connectivity index (χ0v) is 12.8. The maximum atomic E-state index is 13.2. The molecule has 1 aromatic carbocycles. The van der Waals surface area contributed by atoms with Crippen molar-refractivity contribution in [3.05, 3.63) is 52.9 Å². The fraction of sp³-hybridized carbons (Fsp3) is 0.375. The molecular formula is C16H18FN3S. The highest BCUT2D eigenvalue weighted by atomic mass is 32.2. The van der Waals surface area contributed by atoms with Crippen LogP contribution >= 0.6 is 11.8 Å². The Kier molecular flexibility index (Phi) is 4.51. The van der Waals surface area contributed by atoms with Crippen LogP contribution in [0.2, 0.25) is 0 Å². The highest BCUT2D eigenvalue weighted by molar-refractivity contribution is 7.98. The predicted molar refractivity (Wildman–Crippen MR) is 82.8 cm³/mol. The van der Waals surface area contributed by atoms with Crippen molar-refractivity contribution in [2.45, 2.75) is 37.0 Å². The average Bonchev–Trinajstić information content (AvgIpc) is 2.52. The van der Waals surface area contributed by atoms with Crippen molar-refractivity contribution < 1.29 is 4.39 Å². The van der Waals surface area contributed by atoms with Crippen molar-refractivity contribution in [1.29, 1.82) is 0 Å². The molecule has 0 bridgehead atoms. The summed E-state index contributed by atoms with van der Waals surface area (Å²) in [7, 11) is 0. The van der Waals surface area contributed by atoms with E-state index in [1.165, 1.54) is 17.3 Å². The first-order chi connectivity index (χ1) is 10.3. The van der Waals surface area contributed by atoms with Gasteiger partial charge < -0.3 is 5.32 Å². The van der Waals surface area contributed by atoms with E-state index in [9.17, 15) is 4.39 Å². The van der Waals surface area contributed by atoms with E-state index in [0.29, 0.717) is 5.75 Å². The van der Waals surface area contributed by atoms with Crippen molar-refractivity contribution in [1.82, 2.24) is 15.3 Å². The number of aromatic nitrogens is 2. The van der Waals surface area contributed by atoms with E-state index in [2.05, 4.69) is 17.2 Å². The maximum absolute atomic E-state index is 13.2. The molecule has 0 aliphatic carbocycles. The van der Waals surface area contributed by atoms with Crippen LogP contribution in [0.15, 0.2) is 29.2 Å². The molecule has 21 heavy (non-hydrogen) atoms. The fourth-order valence-corrected chi connectivity index (χ4v) is 3.33. The van der Waals surface area contributed by atoms with Crippen LogP contribution in [0, 0.1) is 5.82 Å². The third kappa shape index (κ3) is 3.41. The first-order valence-electron chi connectivity index (χ1n) is 7.23. The molecule has 0 atom stereocenters. The van der Waals surface area contributed by atoms with Gasteiger partial charge in [-0.05, 0) is 24.6 Å². The van der Waals surface area contributed by atoms with Crippen molar-refractivity contribution >= 4 is 11.8 Å². The van der Waals surface area contributed by atoms with Crippen LogP contribution in [0.4, 0.5) is 4.39 Å². The SMILES string of the molecule is CCc1nc(CSc2cccc(F)c2)nc2c1CNCC2. The molecule has 1 N–H and O–H groups in total. The van der Waals surface area contributed by atoms with E-state index < -0.39 is 0 Å². The summed E-state index contributed by atoms with van der Waals surface area (Å²) in [6.07, 6.45) is 1.88. The molecule has 5 heteroatoms. The second-order valence-electron chi connectivity index (χ2n) is 5.04. The van der Waals surface area contributed by atoms with Gasteiger partial charge in [0.2, 0.25) is 0 Å². The predicted octanol–water partition coefficient (Wildman–Crippen LogP) is 3.12.